The smallest absolute Gasteiger partial charge is 0.252 e. The van der Waals surface area contributed by atoms with E-state index < -0.39 is 6.04 Å². The van der Waals surface area contributed by atoms with Gasteiger partial charge in [-0.25, -0.2) is 0 Å². The average molecular weight is 619 g/mol. The Bertz CT molecular complexity index is 1630. The summed E-state index contributed by atoms with van der Waals surface area (Å²) in [4.78, 5) is 41.0. The lowest BCUT2D eigenvalue weighted by Gasteiger charge is -2.33. The molecule has 4 aromatic rings. The number of nitrogens with one attached hydrogen (secondary N) is 3. The Hall–Kier alpha value is -4.95. The van der Waals surface area contributed by atoms with E-state index in [-0.39, 0.29) is 30.2 Å². The Morgan fingerprint density at radius 3 is 2.43 bits per heavy atom. The number of hydrogen-bond acceptors (Lipinski definition) is 5. The molecule has 0 spiro atoms. The molecule has 0 radical (unpaired) electrons. The van der Waals surface area contributed by atoms with Crippen LogP contribution < -0.4 is 20.7 Å². The molecule has 0 aromatic heterocycles. The Kier molecular flexibility index (Phi) is 11.2. The lowest BCUT2D eigenvalue weighted by Crippen LogP contribution is -2.43. The molecule has 238 valence electrons. The first-order valence-corrected chi connectivity index (χ1v) is 15.8. The number of carbonyl (C=O) groups excluding carboxylic acids is 3. The topological polar surface area (TPSA) is 99.8 Å². The van der Waals surface area contributed by atoms with E-state index in [1.165, 1.54) is 0 Å². The van der Waals surface area contributed by atoms with Crippen LogP contribution in [0, 0.1) is 6.92 Å². The van der Waals surface area contributed by atoms with Gasteiger partial charge in [0.05, 0.1) is 6.54 Å². The SMILES string of the molecule is CNC(=O)C(NC(=O)c1cccc(C2CCCN(C(=O)CNCc3ccc(C)cc3OCc3ccccc3)C2)c1)c1ccccc1. The highest BCUT2D eigenvalue weighted by Gasteiger charge is 2.26. The van der Waals surface area contributed by atoms with Crippen LogP contribution in [0.15, 0.2) is 103 Å². The second-order valence-electron chi connectivity index (χ2n) is 11.7. The lowest BCUT2D eigenvalue weighted by atomic mass is 9.89. The zero-order valence-electron chi connectivity index (χ0n) is 26.5. The van der Waals surface area contributed by atoms with Gasteiger partial charge in [-0.2, -0.15) is 0 Å². The lowest BCUT2D eigenvalue weighted by molar-refractivity contribution is -0.131. The molecule has 5 rings (SSSR count). The molecule has 1 aliphatic rings. The van der Waals surface area contributed by atoms with E-state index >= 15 is 0 Å². The molecule has 3 N–H and O–H groups in total. The van der Waals surface area contributed by atoms with Gasteiger partial charge in [-0.1, -0.05) is 84.9 Å². The quantitative estimate of drug-likeness (QED) is 0.201. The van der Waals surface area contributed by atoms with Gasteiger partial charge < -0.3 is 25.6 Å². The maximum atomic E-state index is 13.3. The molecule has 1 aliphatic heterocycles. The van der Waals surface area contributed by atoms with Crippen molar-refractivity contribution in [1.29, 1.82) is 0 Å². The number of likely N-dealkylation sites (tertiary alicyclic amines) is 1. The van der Waals surface area contributed by atoms with Gasteiger partial charge in [-0.05, 0) is 60.2 Å². The number of amides is 3. The normalized spacial score (nSPS) is 15.1. The predicted molar refractivity (Wildman–Crippen MR) is 179 cm³/mol. The standard InChI is InChI=1S/C38H42N4O4/c1-27-18-19-32(34(21-27)46-26-28-11-5-3-6-12-28)23-40-24-35(43)42-20-10-17-33(25-42)30-15-9-16-31(22-30)37(44)41-36(38(45)39-2)29-13-7-4-8-14-29/h3-9,11-16,18-19,21-22,33,36,40H,10,17,20,23-26H2,1-2H3,(H,39,45)(H,41,44). The first kappa shape index (κ1) is 32.4. The van der Waals surface area contributed by atoms with Gasteiger partial charge in [-0.15, -0.1) is 0 Å². The minimum absolute atomic E-state index is 0.0498. The molecule has 8 heteroatoms. The minimum atomic E-state index is -0.802. The average Bonchev–Trinajstić information content (AvgIpc) is 3.11. The zero-order valence-corrected chi connectivity index (χ0v) is 26.5. The zero-order chi connectivity index (χ0) is 32.3. The van der Waals surface area contributed by atoms with E-state index in [0.717, 1.165) is 40.8 Å². The Morgan fingerprint density at radius 1 is 0.913 bits per heavy atom. The van der Waals surface area contributed by atoms with Gasteiger partial charge in [0.15, 0.2) is 0 Å². The second kappa shape index (κ2) is 15.9. The van der Waals surface area contributed by atoms with Crippen molar-refractivity contribution in [1.82, 2.24) is 20.9 Å². The third-order valence-electron chi connectivity index (χ3n) is 8.36. The highest BCUT2D eigenvalue weighted by molar-refractivity contribution is 5.98. The fourth-order valence-corrected chi connectivity index (χ4v) is 5.81. The van der Waals surface area contributed by atoms with Gasteiger partial charge in [0.2, 0.25) is 11.8 Å². The van der Waals surface area contributed by atoms with Crippen molar-refractivity contribution in [3.05, 3.63) is 137 Å². The van der Waals surface area contributed by atoms with Crippen molar-refractivity contribution in [2.45, 2.75) is 44.9 Å². The summed E-state index contributed by atoms with van der Waals surface area (Å²) in [6.45, 7) is 4.56. The van der Waals surface area contributed by atoms with E-state index in [9.17, 15) is 14.4 Å². The predicted octanol–water partition coefficient (Wildman–Crippen LogP) is 5.29. The summed E-state index contributed by atoms with van der Waals surface area (Å²) in [5.74, 6) is 0.369. The molecule has 2 unspecified atom stereocenters. The molecule has 8 nitrogen and oxygen atoms in total. The molecule has 1 saturated heterocycles. The van der Waals surface area contributed by atoms with E-state index in [1.54, 1.807) is 13.1 Å². The van der Waals surface area contributed by atoms with Crippen molar-refractivity contribution in [3.63, 3.8) is 0 Å². The minimum Gasteiger partial charge on any atom is -0.489 e. The van der Waals surface area contributed by atoms with Crippen LogP contribution in [0.1, 0.15) is 63.0 Å². The van der Waals surface area contributed by atoms with Crippen molar-refractivity contribution in [3.8, 4) is 5.75 Å². The van der Waals surface area contributed by atoms with Crippen LogP contribution in [0.25, 0.3) is 0 Å². The molecule has 3 amide bonds. The third kappa shape index (κ3) is 8.61. The van der Waals surface area contributed by atoms with Gasteiger partial charge in [0.25, 0.3) is 5.91 Å². The van der Waals surface area contributed by atoms with Crippen LogP contribution in [0.2, 0.25) is 0 Å². The highest BCUT2D eigenvalue weighted by atomic mass is 16.5. The number of nitrogens with zero attached hydrogens (tertiary/aromatic N) is 1. The summed E-state index contributed by atoms with van der Waals surface area (Å²) in [6.07, 6.45) is 1.81. The number of benzene rings is 4. The number of likely N-dealkylation sites (N-methyl/N-ethyl adjacent to an activating group) is 1. The van der Waals surface area contributed by atoms with E-state index in [0.29, 0.717) is 37.4 Å². The van der Waals surface area contributed by atoms with Crippen LogP contribution in [0.4, 0.5) is 0 Å². The second-order valence-corrected chi connectivity index (χ2v) is 11.7. The van der Waals surface area contributed by atoms with Crippen LogP contribution >= 0.6 is 0 Å². The monoisotopic (exact) mass is 618 g/mol. The molecule has 4 aromatic carbocycles. The maximum Gasteiger partial charge on any atom is 0.252 e. The van der Waals surface area contributed by atoms with E-state index in [4.69, 9.17) is 4.74 Å². The molecular formula is C38H42N4O4. The van der Waals surface area contributed by atoms with E-state index in [1.807, 2.05) is 103 Å². The van der Waals surface area contributed by atoms with Gasteiger partial charge in [0.1, 0.15) is 18.4 Å². The molecular weight excluding hydrogens is 576 g/mol. The number of carbonyl (C=O) groups is 3. The van der Waals surface area contributed by atoms with Gasteiger partial charge in [0, 0.05) is 43.7 Å². The summed E-state index contributed by atoms with van der Waals surface area (Å²) in [6, 6.07) is 32.1. The number of rotatable bonds is 12. The van der Waals surface area contributed by atoms with Crippen LogP contribution in [0.3, 0.4) is 0 Å². The largest absolute Gasteiger partial charge is 0.489 e. The third-order valence-corrected chi connectivity index (χ3v) is 8.36. The molecule has 0 saturated carbocycles. The molecule has 0 aliphatic carbocycles. The Morgan fingerprint density at radius 2 is 1.67 bits per heavy atom. The van der Waals surface area contributed by atoms with Crippen molar-refractivity contribution in [2.75, 3.05) is 26.7 Å². The number of hydrogen-bond donors (Lipinski definition) is 3. The molecule has 0 bridgehead atoms. The number of piperidine rings is 1. The highest BCUT2D eigenvalue weighted by Crippen LogP contribution is 2.28. The summed E-state index contributed by atoms with van der Waals surface area (Å²) in [7, 11) is 1.55. The summed E-state index contributed by atoms with van der Waals surface area (Å²) in [5, 5.41) is 8.85. The van der Waals surface area contributed by atoms with E-state index in [2.05, 4.69) is 22.0 Å². The number of ether oxygens (including phenoxy) is 1. The van der Waals surface area contributed by atoms with Gasteiger partial charge in [-0.3, -0.25) is 14.4 Å². The fraction of sp³-hybridized carbons (Fsp3) is 0.289. The first-order valence-electron chi connectivity index (χ1n) is 15.8. The Balaban J connectivity index is 1.17. The van der Waals surface area contributed by atoms with Gasteiger partial charge >= 0.3 is 0 Å². The van der Waals surface area contributed by atoms with Crippen LogP contribution in [0.5, 0.6) is 5.75 Å². The first-order chi connectivity index (χ1) is 22.4. The summed E-state index contributed by atoms with van der Waals surface area (Å²) < 4.78 is 6.14. The molecule has 1 fully saturated rings. The van der Waals surface area contributed by atoms with Crippen LogP contribution in [-0.2, 0) is 22.7 Å². The van der Waals surface area contributed by atoms with Crippen LogP contribution in [-0.4, -0.2) is 49.3 Å². The maximum absolute atomic E-state index is 13.3. The molecule has 1 heterocycles. The summed E-state index contributed by atoms with van der Waals surface area (Å²) in [5.41, 5.74) is 5.42. The fourth-order valence-electron chi connectivity index (χ4n) is 5.81. The number of aryl methyl sites for hydroxylation is 1. The Labute approximate surface area is 271 Å². The van der Waals surface area contributed by atoms with Crippen molar-refractivity contribution in [2.24, 2.45) is 0 Å². The summed E-state index contributed by atoms with van der Waals surface area (Å²) >= 11 is 0. The van der Waals surface area contributed by atoms with Crippen molar-refractivity contribution < 1.29 is 19.1 Å². The molecule has 46 heavy (non-hydrogen) atoms. The van der Waals surface area contributed by atoms with Crippen molar-refractivity contribution >= 4 is 17.7 Å². The molecule has 2 atom stereocenters.